The van der Waals surface area contributed by atoms with Crippen molar-refractivity contribution in [1.29, 1.82) is 0 Å². The molecule has 0 saturated carbocycles. The molecule has 7 nitrogen and oxygen atoms in total. The SMILES string of the molecule is Cc1nn2cnnc2c(NCCCN2CCCCC2CO)c1C. The van der Waals surface area contributed by atoms with E-state index in [0.29, 0.717) is 6.04 Å². The number of hydrogen-bond donors (Lipinski definition) is 2. The van der Waals surface area contributed by atoms with Crippen LogP contribution in [0, 0.1) is 13.8 Å². The highest BCUT2D eigenvalue weighted by molar-refractivity contribution is 5.71. The fourth-order valence-corrected chi connectivity index (χ4v) is 3.32. The van der Waals surface area contributed by atoms with Gasteiger partial charge in [0.1, 0.15) is 6.33 Å². The Morgan fingerprint density at radius 2 is 2.22 bits per heavy atom. The molecule has 1 atom stereocenters. The second-order valence-electron chi connectivity index (χ2n) is 6.33. The van der Waals surface area contributed by atoms with E-state index in [1.54, 1.807) is 10.8 Å². The molecule has 7 heteroatoms. The van der Waals surface area contributed by atoms with Gasteiger partial charge < -0.3 is 10.4 Å². The molecule has 0 aromatic carbocycles. The maximum absolute atomic E-state index is 9.48. The second kappa shape index (κ2) is 7.23. The summed E-state index contributed by atoms with van der Waals surface area (Å²) in [7, 11) is 0. The van der Waals surface area contributed by atoms with Crippen LogP contribution < -0.4 is 5.32 Å². The maximum atomic E-state index is 9.48. The summed E-state index contributed by atoms with van der Waals surface area (Å²) < 4.78 is 1.72. The first-order valence-electron chi connectivity index (χ1n) is 8.46. The number of aryl methyl sites for hydroxylation is 1. The Labute approximate surface area is 136 Å². The van der Waals surface area contributed by atoms with Crippen molar-refractivity contribution in [3.05, 3.63) is 17.6 Å². The Hall–Kier alpha value is -1.73. The van der Waals surface area contributed by atoms with Gasteiger partial charge in [0, 0.05) is 19.1 Å². The van der Waals surface area contributed by atoms with Crippen LogP contribution in [0.4, 0.5) is 5.69 Å². The minimum atomic E-state index is 0.274. The Morgan fingerprint density at radius 3 is 3.04 bits per heavy atom. The van der Waals surface area contributed by atoms with Crippen molar-refractivity contribution in [1.82, 2.24) is 24.7 Å². The number of nitrogens with zero attached hydrogens (tertiary/aromatic N) is 5. The lowest BCUT2D eigenvalue weighted by Crippen LogP contribution is -2.42. The van der Waals surface area contributed by atoms with E-state index in [1.807, 2.05) is 6.92 Å². The molecule has 23 heavy (non-hydrogen) atoms. The van der Waals surface area contributed by atoms with E-state index in [9.17, 15) is 5.11 Å². The highest BCUT2D eigenvalue weighted by Gasteiger charge is 2.20. The number of aromatic nitrogens is 4. The number of fused-ring (bicyclic) bond motifs is 1. The highest BCUT2D eigenvalue weighted by atomic mass is 16.3. The zero-order valence-corrected chi connectivity index (χ0v) is 14.0. The van der Waals surface area contributed by atoms with Crippen molar-refractivity contribution in [3.63, 3.8) is 0 Å². The third-order valence-electron chi connectivity index (χ3n) is 4.81. The molecule has 0 spiro atoms. The number of hydrogen-bond acceptors (Lipinski definition) is 6. The molecule has 0 amide bonds. The average Bonchev–Trinajstić information content (AvgIpc) is 3.02. The first-order chi connectivity index (χ1) is 11.2. The van der Waals surface area contributed by atoms with Crippen molar-refractivity contribution < 1.29 is 5.11 Å². The van der Waals surface area contributed by atoms with Gasteiger partial charge in [-0.25, -0.2) is 0 Å². The first kappa shape index (κ1) is 16.1. The fourth-order valence-electron chi connectivity index (χ4n) is 3.32. The Bertz CT molecular complexity index is 655. The Kier molecular flexibility index (Phi) is 5.07. The quantitative estimate of drug-likeness (QED) is 0.784. The zero-order valence-electron chi connectivity index (χ0n) is 14.0. The molecule has 3 heterocycles. The third-order valence-corrected chi connectivity index (χ3v) is 4.81. The van der Waals surface area contributed by atoms with Crippen LogP contribution in [-0.2, 0) is 0 Å². The molecule has 1 fully saturated rings. The largest absolute Gasteiger partial charge is 0.395 e. The monoisotopic (exact) mass is 318 g/mol. The van der Waals surface area contributed by atoms with Crippen LogP contribution in [0.5, 0.6) is 0 Å². The molecule has 1 aliphatic heterocycles. The molecule has 0 aliphatic carbocycles. The zero-order chi connectivity index (χ0) is 16.2. The van der Waals surface area contributed by atoms with Crippen LogP contribution in [0.15, 0.2) is 6.33 Å². The summed E-state index contributed by atoms with van der Waals surface area (Å²) in [5.41, 5.74) is 3.90. The number of anilines is 1. The van der Waals surface area contributed by atoms with E-state index in [1.165, 1.54) is 12.8 Å². The summed E-state index contributed by atoms with van der Waals surface area (Å²) in [5, 5.41) is 25.5. The number of rotatable bonds is 6. The number of aliphatic hydroxyl groups is 1. The topological polar surface area (TPSA) is 78.6 Å². The van der Waals surface area contributed by atoms with E-state index < -0.39 is 0 Å². The van der Waals surface area contributed by atoms with Crippen molar-refractivity contribution in [3.8, 4) is 0 Å². The standard InChI is InChI=1S/C16H26N6O/c1-12-13(2)20-22-11-18-19-16(22)15(12)17-7-5-9-21-8-4-3-6-14(21)10-23/h11,14,17,23H,3-10H2,1-2H3. The Morgan fingerprint density at radius 1 is 1.35 bits per heavy atom. The lowest BCUT2D eigenvalue weighted by Gasteiger charge is -2.34. The van der Waals surface area contributed by atoms with Gasteiger partial charge in [-0.1, -0.05) is 6.42 Å². The van der Waals surface area contributed by atoms with E-state index in [2.05, 4.69) is 32.4 Å². The van der Waals surface area contributed by atoms with Crippen LogP contribution in [0.3, 0.4) is 0 Å². The number of piperidine rings is 1. The minimum Gasteiger partial charge on any atom is -0.395 e. The van der Waals surface area contributed by atoms with E-state index in [0.717, 1.165) is 55.1 Å². The maximum Gasteiger partial charge on any atom is 0.200 e. The summed E-state index contributed by atoms with van der Waals surface area (Å²) in [6.45, 7) is 7.33. The molecule has 1 unspecified atom stereocenters. The van der Waals surface area contributed by atoms with E-state index in [-0.39, 0.29) is 6.61 Å². The van der Waals surface area contributed by atoms with Crippen molar-refractivity contribution in [2.45, 2.75) is 45.6 Å². The molecule has 0 radical (unpaired) electrons. The first-order valence-corrected chi connectivity index (χ1v) is 8.46. The molecule has 3 rings (SSSR count). The molecule has 126 valence electrons. The lowest BCUT2D eigenvalue weighted by atomic mass is 10.0. The van der Waals surface area contributed by atoms with E-state index >= 15 is 0 Å². The van der Waals surface area contributed by atoms with Gasteiger partial charge in [0.2, 0.25) is 5.65 Å². The van der Waals surface area contributed by atoms with Gasteiger partial charge in [-0.2, -0.15) is 9.61 Å². The van der Waals surface area contributed by atoms with Gasteiger partial charge in [0.15, 0.2) is 0 Å². The number of aliphatic hydroxyl groups excluding tert-OH is 1. The van der Waals surface area contributed by atoms with Gasteiger partial charge in [0.05, 0.1) is 18.0 Å². The third kappa shape index (κ3) is 3.45. The van der Waals surface area contributed by atoms with Gasteiger partial charge in [-0.15, -0.1) is 10.2 Å². The molecule has 2 N–H and O–H groups in total. The molecular formula is C16H26N6O. The summed E-state index contributed by atoms with van der Waals surface area (Å²) in [6, 6.07) is 0.344. The van der Waals surface area contributed by atoms with Crippen LogP contribution >= 0.6 is 0 Å². The molecular weight excluding hydrogens is 292 g/mol. The van der Waals surface area contributed by atoms with Crippen molar-refractivity contribution in [2.75, 3.05) is 31.6 Å². The molecule has 0 bridgehead atoms. The highest BCUT2D eigenvalue weighted by Crippen LogP contribution is 2.21. The normalized spacial score (nSPS) is 19.3. The van der Waals surface area contributed by atoms with Crippen LogP contribution in [-0.4, -0.2) is 62.1 Å². The summed E-state index contributed by atoms with van der Waals surface area (Å²) >= 11 is 0. The van der Waals surface area contributed by atoms with Crippen LogP contribution in [0.2, 0.25) is 0 Å². The summed E-state index contributed by atoms with van der Waals surface area (Å²) in [4.78, 5) is 2.42. The van der Waals surface area contributed by atoms with Gasteiger partial charge >= 0.3 is 0 Å². The molecule has 2 aromatic heterocycles. The predicted octanol–water partition coefficient (Wildman–Crippen LogP) is 1.39. The van der Waals surface area contributed by atoms with E-state index in [4.69, 9.17) is 0 Å². The van der Waals surface area contributed by atoms with Crippen LogP contribution in [0.25, 0.3) is 5.65 Å². The second-order valence-corrected chi connectivity index (χ2v) is 6.33. The summed E-state index contributed by atoms with van der Waals surface area (Å²) in [6.07, 6.45) is 6.27. The van der Waals surface area contributed by atoms with Crippen molar-refractivity contribution in [2.24, 2.45) is 0 Å². The lowest BCUT2D eigenvalue weighted by molar-refractivity contribution is 0.0901. The average molecular weight is 318 g/mol. The smallest absolute Gasteiger partial charge is 0.200 e. The van der Waals surface area contributed by atoms with Gasteiger partial charge in [-0.05, 0) is 45.2 Å². The van der Waals surface area contributed by atoms with Crippen molar-refractivity contribution >= 4 is 11.3 Å². The molecule has 1 aliphatic rings. The summed E-state index contributed by atoms with van der Waals surface area (Å²) in [5.74, 6) is 0. The van der Waals surface area contributed by atoms with Crippen LogP contribution in [0.1, 0.15) is 36.9 Å². The van der Waals surface area contributed by atoms with Gasteiger partial charge in [-0.3, -0.25) is 4.90 Å². The molecule has 2 aromatic rings. The Balaban J connectivity index is 1.59. The van der Waals surface area contributed by atoms with Gasteiger partial charge in [0.25, 0.3) is 0 Å². The number of likely N-dealkylation sites (tertiary alicyclic amines) is 1. The fraction of sp³-hybridized carbons (Fsp3) is 0.688. The number of nitrogens with one attached hydrogen (secondary N) is 1. The predicted molar refractivity (Wildman–Crippen MR) is 89.7 cm³/mol. The minimum absolute atomic E-state index is 0.274. The molecule has 1 saturated heterocycles.